The summed E-state index contributed by atoms with van der Waals surface area (Å²) in [6.07, 6.45) is -4.70. The molecule has 0 spiro atoms. The molecule has 0 aliphatic rings. The number of anilines is 1. The minimum Gasteiger partial charge on any atom is -0.349 e. The van der Waals surface area contributed by atoms with Crippen LogP contribution in [0.5, 0.6) is 0 Å². The Hall–Kier alpha value is -0.660. The summed E-state index contributed by atoms with van der Waals surface area (Å²) in [7, 11) is 0. The summed E-state index contributed by atoms with van der Waals surface area (Å²) >= 11 is 15.5. The van der Waals surface area contributed by atoms with Gasteiger partial charge in [0.1, 0.15) is 0 Å². The number of aromatic nitrogens is 1. The Morgan fingerprint density at radius 3 is 2.31 bits per heavy atom. The second kappa shape index (κ2) is 4.31. The lowest BCUT2D eigenvalue weighted by Gasteiger charge is -2.08. The van der Waals surface area contributed by atoms with Gasteiger partial charge in [0.25, 0.3) is 9.70 Å². The lowest BCUT2D eigenvalue weighted by atomic mass is 10.4. The minimum absolute atomic E-state index is 0.467. The number of amides is 1. The summed E-state index contributed by atoms with van der Waals surface area (Å²) in [5.41, 5.74) is 0. The molecule has 1 aromatic heterocycles. The number of hydrogen-bond acceptors (Lipinski definition) is 3. The van der Waals surface area contributed by atoms with Crippen molar-refractivity contribution in [1.29, 1.82) is 0 Å². The maximum Gasteiger partial charge on any atom is 0.452 e. The van der Waals surface area contributed by atoms with Crippen molar-refractivity contribution in [3.05, 3.63) is 11.8 Å². The van der Waals surface area contributed by atoms with Gasteiger partial charge < -0.3 is 9.84 Å². The highest BCUT2D eigenvalue weighted by Crippen LogP contribution is 2.32. The molecule has 0 aromatic carbocycles. The molecule has 0 aliphatic heterocycles. The molecule has 1 heterocycles. The van der Waals surface area contributed by atoms with Crippen LogP contribution >= 0.6 is 34.8 Å². The van der Waals surface area contributed by atoms with Gasteiger partial charge in [-0.1, -0.05) is 40.0 Å². The predicted molar refractivity (Wildman–Crippen MR) is 50.4 cm³/mol. The van der Waals surface area contributed by atoms with E-state index in [2.05, 4.69) is 9.68 Å². The molecule has 1 rings (SSSR count). The van der Waals surface area contributed by atoms with Crippen LogP contribution < -0.4 is 5.32 Å². The minimum atomic E-state index is -4.70. The zero-order valence-corrected chi connectivity index (χ0v) is 9.38. The van der Waals surface area contributed by atoms with Crippen LogP contribution in [0, 0.1) is 0 Å². The van der Waals surface area contributed by atoms with Crippen molar-refractivity contribution in [3.63, 3.8) is 0 Å². The number of carbonyl (C=O) groups is 1. The van der Waals surface area contributed by atoms with Crippen molar-refractivity contribution in [2.45, 2.75) is 9.97 Å². The van der Waals surface area contributed by atoms with Crippen LogP contribution in [0.25, 0.3) is 0 Å². The highest BCUT2D eigenvalue weighted by Gasteiger charge is 2.37. The molecule has 16 heavy (non-hydrogen) atoms. The third-order valence-electron chi connectivity index (χ3n) is 1.29. The third kappa shape index (κ3) is 3.43. The number of alkyl halides is 6. The van der Waals surface area contributed by atoms with E-state index in [1.807, 2.05) is 5.32 Å². The molecule has 1 amide bonds. The van der Waals surface area contributed by atoms with Gasteiger partial charge >= 0.3 is 6.18 Å². The van der Waals surface area contributed by atoms with Gasteiger partial charge in [-0.25, -0.2) is 0 Å². The Morgan fingerprint density at radius 1 is 1.38 bits per heavy atom. The van der Waals surface area contributed by atoms with E-state index in [1.54, 1.807) is 0 Å². The number of nitrogens with one attached hydrogen (secondary N) is 1. The number of nitrogens with zero attached hydrogens (tertiary/aromatic N) is 1. The van der Waals surface area contributed by atoms with Crippen molar-refractivity contribution in [1.82, 2.24) is 5.16 Å². The van der Waals surface area contributed by atoms with E-state index in [0.29, 0.717) is 6.07 Å². The zero-order valence-electron chi connectivity index (χ0n) is 7.11. The fourth-order valence-corrected chi connectivity index (χ4v) is 0.797. The standard InChI is InChI=1S/C6H2Cl3F3N2O2/c7-5(8,9)4(15)13-3-1-2(16-14-3)6(10,11)12/h1H,(H,13,14,15). The van der Waals surface area contributed by atoms with E-state index < -0.39 is 27.5 Å². The van der Waals surface area contributed by atoms with Crippen molar-refractivity contribution in [2.75, 3.05) is 5.32 Å². The van der Waals surface area contributed by atoms with Gasteiger partial charge in [-0.15, -0.1) is 0 Å². The van der Waals surface area contributed by atoms with Crippen LogP contribution in [0.2, 0.25) is 0 Å². The van der Waals surface area contributed by atoms with Gasteiger partial charge in [0.05, 0.1) is 0 Å². The molecule has 0 saturated heterocycles. The molecule has 0 unspecified atom stereocenters. The summed E-state index contributed by atoms with van der Waals surface area (Å²) in [6.45, 7) is 0. The van der Waals surface area contributed by atoms with Crippen LogP contribution in [-0.4, -0.2) is 14.9 Å². The number of rotatable bonds is 1. The molecular formula is C6H2Cl3F3N2O2. The van der Waals surface area contributed by atoms with E-state index in [9.17, 15) is 18.0 Å². The second-order valence-electron chi connectivity index (χ2n) is 2.53. The molecule has 0 atom stereocenters. The summed E-state index contributed by atoms with van der Waals surface area (Å²) < 4.78 is 37.8. The fraction of sp³-hybridized carbons (Fsp3) is 0.333. The first-order valence-corrected chi connectivity index (χ1v) is 4.66. The fourth-order valence-electron chi connectivity index (χ4n) is 0.655. The van der Waals surface area contributed by atoms with E-state index in [0.717, 1.165) is 0 Å². The molecule has 90 valence electrons. The third-order valence-corrected chi connectivity index (χ3v) is 1.80. The molecule has 0 fully saturated rings. The van der Waals surface area contributed by atoms with Crippen molar-refractivity contribution in [2.24, 2.45) is 0 Å². The predicted octanol–water partition coefficient (Wildman–Crippen LogP) is 3.00. The summed E-state index contributed by atoms with van der Waals surface area (Å²) in [5, 5.41) is 4.77. The molecule has 10 heteroatoms. The first-order chi connectivity index (χ1) is 7.10. The topological polar surface area (TPSA) is 55.1 Å². The van der Waals surface area contributed by atoms with Gasteiger partial charge in [-0.3, -0.25) is 4.79 Å². The van der Waals surface area contributed by atoms with Crippen LogP contribution in [0.15, 0.2) is 10.6 Å². The summed E-state index contributed by atoms with van der Waals surface area (Å²) in [4.78, 5) is 11.0. The monoisotopic (exact) mass is 296 g/mol. The normalized spacial score (nSPS) is 12.6. The maximum atomic E-state index is 12.0. The molecular weight excluding hydrogens is 295 g/mol. The van der Waals surface area contributed by atoms with Crippen LogP contribution in [0.3, 0.4) is 0 Å². The van der Waals surface area contributed by atoms with Crippen LogP contribution in [0.4, 0.5) is 19.0 Å². The van der Waals surface area contributed by atoms with Crippen molar-refractivity contribution < 1.29 is 22.5 Å². The molecule has 1 aromatic rings. The van der Waals surface area contributed by atoms with Gasteiger partial charge in [0.2, 0.25) is 5.76 Å². The molecule has 0 aliphatic carbocycles. The van der Waals surface area contributed by atoms with E-state index in [1.165, 1.54) is 0 Å². The summed E-state index contributed by atoms with van der Waals surface area (Å²) in [6, 6.07) is 0.467. The van der Waals surface area contributed by atoms with Gasteiger partial charge in [-0.05, 0) is 0 Å². The molecule has 1 N–H and O–H groups in total. The number of hydrogen-bond donors (Lipinski definition) is 1. The molecule has 0 bridgehead atoms. The zero-order chi connectivity index (χ0) is 12.6. The number of carbonyl (C=O) groups excluding carboxylic acids is 1. The Morgan fingerprint density at radius 2 is 1.94 bits per heavy atom. The Labute approximate surface area is 102 Å². The molecule has 4 nitrogen and oxygen atoms in total. The Bertz CT molecular complexity index is 398. The smallest absolute Gasteiger partial charge is 0.349 e. The highest BCUT2D eigenvalue weighted by molar-refractivity contribution is 6.76. The lowest BCUT2D eigenvalue weighted by Crippen LogP contribution is -2.27. The Kier molecular flexibility index (Phi) is 3.61. The highest BCUT2D eigenvalue weighted by atomic mass is 35.6. The average molecular weight is 297 g/mol. The molecule has 0 radical (unpaired) electrons. The van der Waals surface area contributed by atoms with Gasteiger partial charge in [0.15, 0.2) is 5.82 Å². The van der Waals surface area contributed by atoms with Crippen LogP contribution in [0.1, 0.15) is 5.76 Å². The van der Waals surface area contributed by atoms with Crippen molar-refractivity contribution >= 4 is 46.5 Å². The quantitative estimate of drug-likeness (QED) is 0.811. The first-order valence-electron chi connectivity index (χ1n) is 3.53. The van der Waals surface area contributed by atoms with Gasteiger partial charge in [0, 0.05) is 6.07 Å². The molecule has 0 saturated carbocycles. The van der Waals surface area contributed by atoms with Crippen molar-refractivity contribution in [3.8, 4) is 0 Å². The average Bonchev–Trinajstić information content (AvgIpc) is 2.49. The Balaban J connectivity index is 2.78. The summed E-state index contributed by atoms with van der Waals surface area (Å²) in [5.74, 6) is -3.00. The largest absolute Gasteiger partial charge is 0.452 e. The second-order valence-corrected chi connectivity index (χ2v) is 4.81. The van der Waals surface area contributed by atoms with E-state index in [-0.39, 0.29) is 0 Å². The van der Waals surface area contributed by atoms with Gasteiger partial charge in [-0.2, -0.15) is 13.2 Å². The lowest BCUT2D eigenvalue weighted by molar-refractivity contribution is -0.155. The first kappa shape index (κ1) is 13.4. The van der Waals surface area contributed by atoms with E-state index >= 15 is 0 Å². The maximum absolute atomic E-state index is 12.0. The van der Waals surface area contributed by atoms with Crippen LogP contribution in [-0.2, 0) is 11.0 Å². The number of halogens is 6. The van der Waals surface area contributed by atoms with E-state index in [4.69, 9.17) is 34.8 Å². The SMILES string of the molecule is O=C(Nc1cc(C(F)(F)F)on1)C(Cl)(Cl)Cl.